The molecular weight excluding hydrogens is 470 g/mol. The lowest BCUT2D eigenvalue weighted by atomic mass is 9.31. The van der Waals surface area contributed by atoms with Crippen molar-refractivity contribution in [1.29, 1.82) is 0 Å². The van der Waals surface area contributed by atoms with E-state index in [0.717, 1.165) is 89.9 Å². The lowest BCUT2D eigenvalue weighted by Gasteiger charge is -2.36. The first kappa shape index (κ1) is 20.5. The van der Waals surface area contributed by atoms with Gasteiger partial charge in [-0.2, -0.15) is 0 Å². The quantitative estimate of drug-likeness (QED) is 0.304. The molecule has 0 spiro atoms. The molecule has 4 aliphatic heterocycles. The molecule has 9 rings (SSSR count). The van der Waals surface area contributed by atoms with E-state index in [1.165, 1.54) is 0 Å². The monoisotopic (exact) mass is 490 g/mol. The maximum Gasteiger partial charge on any atom is 0.260 e. The van der Waals surface area contributed by atoms with Crippen LogP contribution < -0.4 is 51.7 Å². The summed E-state index contributed by atoms with van der Waals surface area (Å²) in [5.74, 6) is 6.85. The summed E-state index contributed by atoms with van der Waals surface area (Å²) in [5, 5.41) is 0. The van der Waals surface area contributed by atoms with E-state index in [9.17, 15) is 0 Å². The van der Waals surface area contributed by atoms with Crippen LogP contribution in [0.2, 0.25) is 0 Å². The zero-order valence-corrected chi connectivity index (χ0v) is 20.9. The molecule has 0 aromatic heterocycles. The van der Waals surface area contributed by atoms with E-state index < -0.39 is 0 Å². The predicted molar refractivity (Wildman–Crippen MR) is 151 cm³/mol. The Morgan fingerprint density at radius 2 is 0.789 bits per heavy atom. The molecule has 0 atom stereocenters. The zero-order valence-electron chi connectivity index (χ0n) is 20.9. The molecule has 0 bridgehead atoms. The van der Waals surface area contributed by atoms with E-state index in [0.29, 0.717) is 0 Å². The van der Waals surface area contributed by atoms with Crippen LogP contribution >= 0.6 is 0 Å². The normalized spacial score (nSPS) is 14.3. The van der Waals surface area contributed by atoms with E-state index in [1.807, 2.05) is 12.1 Å². The van der Waals surface area contributed by atoms with Gasteiger partial charge in [0.1, 0.15) is 46.0 Å². The molecular formula is C32H20B2O4. The Balaban J connectivity index is 1.33. The van der Waals surface area contributed by atoms with Crippen molar-refractivity contribution in [3.05, 3.63) is 96.1 Å². The highest BCUT2D eigenvalue weighted by Gasteiger charge is 2.44. The minimum atomic E-state index is 0.00793. The molecule has 4 aliphatic rings. The van der Waals surface area contributed by atoms with Crippen LogP contribution in [0.4, 0.5) is 0 Å². The van der Waals surface area contributed by atoms with Gasteiger partial charge < -0.3 is 18.9 Å². The molecule has 0 aliphatic carbocycles. The van der Waals surface area contributed by atoms with E-state index in [1.54, 1.807) is 0 Å². The van der Waals surface area contributed by atoms with Crippen molar-refractivity contribution in [2.45, 2.75) is 13.8 Å². The largest absolute Gasteiger partial charge is 0.458 e. The van der Waals surface area contributed by atoms with Gasteiger partial charge in [0.15, 0.2) is 0 Å². The summed E-state index contributed by atoms with van der Waals surface area (Å²) in [5.41, 5.74) is 8.93. The van der Waals surface area contributed by atoms with Gasteiger partial charge >= 0.3 is 0 Å². The van der Waals surface area contributed by atoms with Gasteiger partial charge in [0.25, 0.3) is 13.4 Å². The van der Waals surface area contributed by atoms with Crippen LogP contribution in [0.25, 0.3) is 0 Å². The molecule has 4 heterocycles. The van der Waals surface area contributed by atoms with Crippen LogP contribution in [0.1, 0.15) is 11.1 Å². The molecule has 4 nitrogen and oxygen atoms in total. The van der Waals surface area contributed by atoms with Gasteiger partial charge in [-0.1, -0.05) is 42.5 Å². The third kappa shape index (κ3) is 2.62. The Morgan fingerprint density at radius 1 is 0.395 bits per heavy atom. The summed E-state index contributed by atoms with van der Waals surface area (Å²) >= 11 is 0. The summed E-state index contributed by atoms with van der Waals surface area (Å²) in [6, 6.07) is 29.4. The fraction of sp³-hybridized carbons (Fsp3) is 0.0625. The van der Waals surface area contributed by atoms with Gasteiger partial charge in [-0.3, -0.25) is 0 Å². The van der Waals surface area contributed by atoms with Crippen LogP contribution in [0.3, 0.4) is 0 Å². The van der Waals surface area contributed by atoms with Crippen molar-refractivity contribution < 1.29 is 18.9 Å². The number of hydrogen-bond acceptors (Lipinski definition) is 4. The molecule has 38 heavy (non-hydrogen) atoms. The van der Waals surface area contributed by atoms with Gasteiger partial charge in [-0.15, -0.1) is 0 Å². The lowest BCUT2D eigenvalue weighted by Crippen LogP contribution is -2.61. The Labute approximate surface area is 220 Å². The van der Waals surface area contributed by atoms with Crippen molar-refractivity contribution in [2.75, 3.05) is 0 Å². The third-order valence-corrected chi connectivity index (χ3v) is 8.18. The lowest BCUT2D eigenvalue weighted by molar-refractivity contribution is 0.451. The van der Waals surface area contributed by atoms with Crippen molar-refractivity contribution in [1.82, 2.24) is 0 Å². The Kier molecular flexibility index (Phi) is 3.80. The maximum atomic E-state index is 6.59. The van der Waals surface area contributed by atoms with Gasteiger partial charge in [-0.05, 0) is 83.2 Å². The number of fused-ring (bicyclic) bond motifs is 8. The number of hydrogen-bond donors (Lipinski definition) is 0. The van der Waals surface area contributed by atoms with Crippen LogP contribution in [0.15, 0.2) is 84.9 Å². The highest BCUT2D eigenvalue weighted by molar-refractivity contribution is 7.01. The summed E-state index contributed by atoms with van der Waals surface area (Å²) in [7, 11) is 0. The second kappa shape index (κ2) is 7.05. The van der Waals surface area contributed by atoms with E-state index in [2.05, 4.69) is 86.6 Å². The number of ether oxygens (including phenoxy) is 4. The number of para-hydroxylation sites is 2. The van der Waals surface area contributed by atoms with E-state index in [-0.39, 0.29) is 13.4 Å². The molecule has 0 unspecified atom stereocenters. The van der Waals surface area contributed by atoms with Crippen molar-refractivity contribution in [3.8, 4) is 46.0 Å². The molecule has 0 saturated carbocycles. The first-order valence-corrected chi connectivity index (χ1v) is 13.0. The second-order valence-corrected chi connectivity index (χ2v) is 10.6. The molecule has 5 aromatic carbocycles. The highest BCUT2D eigenvalue weighted by Crippen LogP contribution is 2.39. The van der Waals surface area contributed by atoms with Crippen LogP contribution in [0, 0.1) is 13.8 Å². The minimum Gasteiger partial charge on any atom is -0.458 e. The highest BCUT2D eigenvalue weighted by atomic mass is 16.5. The number of benzene rings is 5. The van der Waals surface area contributed by atoms with E-state index in [4.69, 9.17) is 18.9 Å². The van der Waals surface area contributed by atoms with Crippen molar-refractivity contribution in [2.24, 2.45) is 0 Å². The third-order valence-electron chi connectivity index (χ3n) is 8.18. The zero-order chi connectivity index (χ0) is 25.1. The van der Waals surface area contributed by atoms with Crippen LogP contribution in [0.5, 0.6) is 46.0 Å². The average Bonchev–Trinajstić information content (AvgIpc) is 2.91. The smallest absolute Gasteiger partial charge is 0.260 e. The molecule has 0 N–H and O–H groups in total. The summed E-state index contributed by atoms with van der Waals surface area (Å²) < 4.78 is 25.9. The van der Waals surface area contributed by atoms with Gasteiger partial charge in [0.2, 0.25) is 0 Å². The van der Waals surface area contributed by atoms with Crippen molar-refractivity contribution >= 4 is 46.2 Å². The molecule has 5 aromatic rings. The topological polar surface area (TPSA) is 36.9 Å². The molecule has 0 fully saturated rings. The van der Waals surface area contributed by atoms with Gasteiger partial charge in [-0.25, -0.2) is 0 Å². The maximum absolute atomic E-state index is 6.59. The summed E-state index contributed by atoms with van der Waals surface area (Å²) in [6.45, 7) is 4.16. The molecule has 0 saturated heterocycles. The van der Waals surface area contributed by atoms with Crippen LogP contribution in [-0.4, -0.2) is 13.4 Å². The molecule has 0 amide bonds. The first-order valence-electron chi connectivity index (χ1n) is 13.0. The van der Waals surface area contributed by atoms with Crippen molar-refractivity contribution in [3.63, 3.8) is 0 Å². The number of rotatable bonds is 0. The Hall–Kier alpha value is -4.57. The molecule has 0 radical (unpaired) electrons. The summed E-state index contributed by atoms with van der Waals surface area (Å²) in [4.78, 5) is 0. The SMILES string of the molecule is Cc1cc2c3c(c1)Oc1cc4c(cc1B3c1ccccc1O2)B1c2ccccc2Oc2cc(C)cc(c21)O4. The average molecular weight is 490 g/mol. The first-order chi connectivity index (χ1) is 18.6. The predicted octanol–water partition coefficient (Wildman–Crippen LogP) is 3.76. The summed E-state index contributed by atoms with van der Waals surface area (Å²) in [6.07, 6.45) is 0. The molecule has 178 valence electrons. The minimum absolute atomic E-state index is 0.00793. The standard InChI is InChI=1S/C32H20B2O4/c1-17-11-27-31-29(13-17)37-25-16-26-22(15-21(25)33(31)19-7-3-5-9-23(19)35-27)34-20-8-4-6-10-24(20)36-28-12-18(2)14-30(38-26)32(28)34/h3-16H,1-2H3. The fourth-order valence-corrected chi connectivity index (χ4v) is 6.65. The molecule has 6 heteroatoms. The Bertz CT molecular complexity index is 1750. The van der Waals surface area contributed by atoms with Gasteiger partial charge in [0.05, 0.1) is 0 Å². The van der Waals surface area contributed by atoms with E-state index >= 15 is 0 Å². The fourth-order valence-electron chi connectivity index (χ4n) is 6.65. The van der Waals surface area contributed by atoms with Crippen LogP contribution in [-0.2, 0) is 0 Å². The Morgan fingerprint density at radius 3 is 1.24 bits per heavy atom. The number of aryl methyl sites for hydroxylation is 2. The van der Waals surface area contributed by atoms with Gasteiger partial charge in [0, 0.05) is 17.0 Å². The second-order valence-electron chi connectivity index (χ2n) is 10.6.